The van der Waals surface area contributed by atoms with E-state index in [2.05, 4.69) is 0 Å². The normalized spacial score (nSPS) is 14.2. The Bertz CT molecular complexity index is 209. The standard InChI is InChI=1S/C8H20NO3P/c1-6-8(4,5)9(7(2)3)13(10,11)12/h7H,6H2,1-5H3,(H2,10,11,12). The molecule has 0 aromatic rings. The molecule has 0 heterocycles. The molecule has 0 saturated carbocycles. The second-order valence-electron chi connectivity index (χ2n) is 4.12. The summed E-state index contributed by atoms with van der Waals surface area (Å²) < 4.78 is 12.5. The first-order valence-corrected chi connectivity index (χ1v) is 6.04. The van der Waals surface area contributed by atoms with Gasteiger partial charge in [0.25, 0.3) is 0 Å². The van der Waals surface area contributed by atoms with Crippen LogP contribution in [-0.2, 0) is 4.57 Å². The molecule has 4 nitrogen and oxygen atoms in total. The van der Waals surface area contributed by atoms with Gasteiger partial charge in [-0.05, 0) is 34.1 Å². The average Bonchev–Trinajstić information content (AvgIpc) is 1.82. The summed E-state index contributed by atoms with van der Waals surface area (Å²) in [5.74, 6) is 0. The van der Waals surface area contributed by atoms with Crippen molar-refractivity contribution in [3.63, 3.8) is 0 Å². The molecule has 0 aromatic heterocycles. The fraction of sp³-hybridized carbons (Fsp3) is 1.00. The minimum absolute atomic E-state index is 0.157. The van der Waals surface area contributed by atoms with Crippen molar-refractivity contribution >= 4 is 7.75 Å². The quantitative estimate of drug-likeness (QED) is 0.695. The highest BCUT2D eigenvalue weighted by molar-refractivity contribution is 7.49. The van der Waals surface area contributed by atoms with E-state index in [0.29, 0.717) is 6.42 Å². The van der Waals surface area contributed by atoms with Gasteiger partial charge in [-0.1, -0.05) is 6.92 Å². The van der Waals surface area contributed by atoms with Gasteiger partial charge in [0.2, 0.25) is 0 Å². The number of nitrogens with zero attached hydrogens (tertiary/aromatic N) is 1. The molecule has 2 N–H and O–H groups in total. The molecule has 0 spiro atoms. The molecule has 0 unspecified atom stereocenters. The summed E-state index contributed by atoms with van der Waals surface area (Å²) in [7, 11) is -4.14. The SMILES string of the molecule is CCC(C)(C)N(C(C)C)P(=O)(O)O. The van der Waals surface area contributed by atoms with Crippen molar-refractivity contribution in [2.24, 2.45) is 0 Å². The molecule has 0 aliphatic heterocycles. The van der Waals surface area contributed by atoms with Gasteiger partial charge in [-0.25, -0.2) is 9.24 Å². The zero-order chi connectivity index (χ0) is 10.9. The Morgan fingerprint density at radius 1 is 1.38 bits per heavy atom. The molecular formula is C8H20NO3P. The van der Waals surface area contributed by atoms with Crippen LogP contribution < -0.4 is 0 Å². The second-order valence-corrected chi connectivity index (χ2v) is 5.58. The number of hydrogen-bond acceptors (Lipinski definition) is 1. The van der Waals surface area contributed by atoms with Crippen LogP contribution in [0.25, 0.3) is 0 Å². The van der Waals surface area contributed by atoms with Crippen molar-refractivity contribution in [2.75, 3.05) is 0 Å². The summed E-state index contributed by atoms with van der Waals surface area (Å²) in [5.41, 5.74) is -0.465. The summed E-state index contributed by atoms with van der Waals surface area (Å²) in [5, 5.41) is 0. The van der Waals surface area contributed by atoms with Gasteiger partial charge in [0.15, 0.2) is 0 Å². The Morgan fingerprint density at radius 3 is 1.85 bits per heavy atom. The third-order valence-electron chi connectivity index (χ3n) is 2.26. The van der Waals surface area contributed by atoms with Crippen molar-refractivity contribution in [3.8, 4) is 0 Å². The van der Waals surface area contributed by atoms with E-state index in [1.165, 1.54) is 4.67 Å². The van der Waals surface area contributed by atoms with Crippen LogP contribution in [0.15, 0.2) is 0 Å². The van der Waals surface area contributed by atoms with Crippen LogP contribution in [0.2, 0.25) is 0 Å². The van der Waals surface area contributed by atoms with E-state index < -0.39 is 13.3 Å². The van der Waals surface area contributed by atoms with Crippen LogP contribution in [0.4, 0.5) is 0 Å². The topological polar surface area (TPSA) is 60.8 Å². The van der Waals surface area contributed by atoms with Crippen LogP contribution in [0.1, 0.15) is 41.0 Å². The largest absolute Gasteiger partial charge is 0.403 e. The molecule has 0 amide bonds. The van der Waals surface area contributed by atoms with E-state index in [4.69, 9.17) is 9.79 Å². The first-order chi connectivity index (χ1) is 5.63. The summed E-state index contributed by atoms with van der Waals surface area (Å²) in [6, 6.07) is -0.157. The second kappa shape index (κ2) is 4.09. The summed E-state index contributed by atoms with van der Waals surface area (Å²) >= 11 is 0. The maximum absolute atomic E-state index is 11.2. The molecule has 0 aliphatic rings. The van der Waals surface area contributed by atoms with Crippen LogP contribution in [-0.4, -0.2) is 26.0 Å². The van der Waals surface area contributed by atoms with Gasteiger partial charge in [-0.15, -0.1) is 0 Å². The third-order valence-corrected chi connectivity index (χ3v) is 3.82. The van der Waals surface area contributed by atoms with Gasteiger partial charge in [0.05, 0.1) is 0 Å². The fourth-order valence-corrected chi connectivity index (χ4v) is 2.96. The highest BCUT2D eigenvalue weighted by Crippen LogP contribution is 2.47. The predicted molar refractivity (Wildman–Crippen MR) is 53.4 cm³/mol. The molecule has 0 atom stereocenters. The van der Waals surface area contributed by atoms with Crippen LogP contribution in [0.5, 0.6) is 0 Å². The molecular weight excluding hydrogens is 189 g/mol. The molecule has 5 heteroatoms. The summed E-state index contributed by atoms with van der Waals surface area (Å²) in [6.07, 6.45) is 0.705. The summed E-state index contributed by atoms with van der Waals surface area (Å²) in [6.45, 7) is 9.18. The van der Waals surface area contributed by atoms with E-state index in [1.54, 1.807) is 13.8 Å². The Morgan fingerprint density at radius 2 is 1.77 bits per heavy atom. The third kappa shape index (κ3) is 3.39. The fourth-order valence-electron chi connectivity index (χ4n) is 1.51. The van der Waals surface area contributed by atoms with Gasteiger partial charge >= 0.3 is 7.75 Å². The zero-order valence-electron chi connectivity index (χ0n) is 8.98. The Balaban J connectivity index is 4.94. The molecule has 0 rings (SSSR count). The van der Waals surface area contributed by atoms with Crippen molar-refractivity contribution in [2.45, 2.75) is 52.6 Å². The molecule has 13 heavy (non-hydrogen) atoms. The van der Waals surface area contributed by atoms with Crippen molar-refractivity contribution in [1.29, 1.82) is 0 Å². The lowest BCUT2D eigenvalue weighted by atomic mass is 10.0. The van der Waals surface area contributed by atoms with Crippen LogP contribution in [0.3, 0.4) is 0 Å². The van der Waals surface area contributed by atoms with Gasteiger partial charge in [0.1, 0.15) is 0 Å². The first-order valence-electron chi connectivity index (χ1n) is 4.48. The lowest BCUT2D eigenvalue weighted by Gasteiger charge is -2.40. The maximum Gasteiger partial charge on any atom is 0.403 e. The smallest absolute Gasteiger partial charge is 0.312 e. The molecule has 0 aliphatic carbocycles. The Labute approximate surface area is 80.2 Å². The molecule has 0 radical (unpaired) electrons. The van der Waals surface area contributed by atoms with Crippen molar-refractivity contribution < 1.29 is 14.4 Å². The molecule has 0 bridgehead atoms. The van der Waals surface area contributed by atoms with Crippen LogP contribution >= 0.6 is 7.75 Å². The van der Waals surface area contributed by atoms with Gasteiger partial charge in [-0.2, -0.15) is 0 Å². The highest BCUT2D eigenvalue weighted by atomic mass is 31.2. The van der Waals surface area contributed by atoms with Crippen molar-refractivity contribution in [1.82, 2.24) is 4.67 Å². The minimum atomic E-state index is -4.14. The van der Waals surface area contributed by atoms with Gasteiger partial charge in [0, 0.05) is 11.6 Å². The molecule has 0 aromatic carbocycles. The van der Waals surface area contributed by atoms with E-state index in [-0.39, 0.29) is 6.04 Å². The first kappa shape index (κ1) is 13.1. The monoisotopic (exact) mass is 209 g/mol. The van der Waals surface area contributed by atoms with E-state index >= 15 is 0 Å². The van der Waals surface area contributed by atoms with E-state index in [9.17, 15) is 4.57 Å². The van der Waals surface area contributed by atoms with E-state index in [0.717, 1.165) is 0 Å². The predicted octanol–water partition coefficient (Wildman–Crippen LogP) is 1.98. The molecule has 0 saturated heterocycles. The van der Waals surface area contributed by atoms with Crippen molar-refractivity contribution in [3.05, 3.63) is 0 Å². The highest BCUT2D eigenvalue weighted by Gasteiger charge is 2.39. The van der Waals surface area contributed by atoms with Crippen LogP contribution in [0, 0.1) is 0 Å². The lowest BCUT2D eigenvalue weighted by Crippen LogP contribution is -2.44. The number of hydrogen-bond donors (Lipinski definition) is 2. The van der Waals surface area contributed by atoms with Gasteiger partial charge < -0.3 is 9.79 Å². The Hall–Kier alpha value is 0.110. The number of rotatable bonds is 4. The lowest BCUT2D eigenvalue weighted by molar-refractivity contribution is 0.134. The average molecular weight is 209 g/mol. The Kier molecular flexibility index (Phi) is 4.13. The molecule has 80 valence electrons. The molecule has 0 fully saturated rings. The zero-order valence-corrected chi connectivity index (χ0v) is 9.88. The maximum atomic E-state index is 11.2. The van der Waals surface area contributed by atoms with Gasteiger partial charge in [-0.3, -0.25) is 0 Å². The summed E-state index contributed by atoms with van der Waals surface area (Å²) in [4.78, 5) is 18.3. The minimum Gasteiger partial charge on any atom is -0.312 e. The van der Waals surface area contributed by atoms with E-state index in [1.807, 2.05) is 20.8 Å².